The third-order valence-electron chi connectivity index (χ3n) is 3.62. The SMILES string of the molecule is Cn1ncc(Br)c1Nc1ccc(-c2cccc(CC=O)c2)cc1. The minimum Gasteiger partial charge on any atom is -0.340 e. The minimum atomic E-state index is 0.446. The second-order valence-electron chi connectivity index (χ2n) is 5.24. The van der Waals surface area contributed by atoms with Gasteiger partial charge in [0.15, 0.2) is 0 Å². The van der Waals surface area contributed by atoms with Gasteiger partial charge < -0.3 is 10.1 Å². The largest absolute Gasteiger partial charge is 0.340 e. The van der Waals surface area contributed by atoms with Gasteiger partial charge in [0.05, 0.1) is 10.7 Å². The molecule has 0 saturated carbocycles. The molecule has 0 amide bonds. The van der Waals surface area contributed by atoms with Crippen molar-refractivity contribution in [2.24, 2.45) is 7.05 Å². The fourth-order valence-corrected chi connectivity index (χ4v) is 2.86. The Morgan fingerprint density at radius 2 is 1.96 bits per heavy atom. The third kappa shape index (κ3) is 3.51. The molecule has 0 radical (unpaired) electrons. The van der Waals surface area contributed by atoms with Crippen molar-refractivity contribution in [2.75, 3.05) is 5.32 Å². The number of aryl methyl sites for hydroxylation is 1. The summed E-state index contributed by atoms with van der Waals surface area (Å²) in [4.78, 5) is 10.7. The zero-order chi connectivity index (χ0) is 16.2. The number of nitrogens with zero attached hydrogens (tertiary/aromatic N) is 2. The molecule has 1 aromatic heterocycles. The highest BCUT2D eigenvalue weighted by molar-refractivity contribution is 9.10. The second kappa shape index (κ2) is 6.79. The maximum atomic E-state index is 10.7. The van der Waals surface area contributed by atoms with Crippen LogP contribution in [0.5, 0.6) is 0 Å². The molecular weight excluding hydrogens is 354 g/mol. The molecule has 23 heavy (non-hydrogen) atoms. The van der Waals surface area contributed by atoms with Crippen molar-refractivity contribution in [3.05, 3.63) is 64.8 Å². The van der Waals surface area contributed by atoms with Gasteiger partial charge in [-0.2, -0.15) is 5.10 Å². The first-order valence-electron chi connectivity index (χ1n) is 7.25. The lowest BCUT2D eigenvalue weighted by molar-refractivity contribution is -0.107. The number of hydrogen-bond donors (Lipinski definition) is 1. The summed E-state index contributed by atoms with van der Waals surface area (Å²) in [6, 6.07) is 16.2. The van der Waals surface area contributed by atoms with E-state index >= 15 is 0 Å². The molecule has 1 N–H and O–H groups in total. The number of aldehydes is 1. The standard InChI is InChI=1S/C18H16BrN3O/c1-22-18(17(19)12-20-22)21-16-7-5-14(6-8-16)15-4-2-3-13(11-15)9-10-23/h2-8,10-12,21H,9H2,1H3. The Morgan fingerprint density at radius 1 is 1.17 bits per heavy atom. The average Bonchev–Trinajstić information content (AvgIpc) is 2.88. The predicted molar refractivity (Wildman–Crippen MR) is 95.8 cm³/mol. The number of aromatic nitrogens is 2. The lowest BCUT2D eigenvalue weighted by atomic mass is 10.0. The van der Waals surface area contributed by atoms with Gasteiger partial charge in [-0.3, -0.25) is 4.68 Å². The molecule has 2 aromatic carbocycles. The number of anilines is 2. The monoisotopic (exact) mass is 369 g/mol. The van der Waals surface area contributed by atoms with Gasteiger partial charge in [-0.1, -0.05) is 36.4 Å². The van der Waals surface area contributed by atoms with E-state index in [0.717, 1.165) is 39.0 Å². The summed E-state index contributed by atoms with van der Waals surface area (Å²) in [6.07, 6.45) is 3.13. The lowest BCUT2D eigenvalue weighted by Crippen LogP contribution is -1.99. The first-order valence-corrected chi connectivity index (χ1v) is 8.04. The van der Waals surface area contributed by atoms with Gasteiger partial charge in [0.2, 0.25) is 0 Å². The van der Waals surface area contributed by atoms with Gasteiger partial charge in [0, 0.05) is 19.2 Å². The highest BCUT2D eigenvalue weighted by atomic mass is 79.9. The van der Waals surface area contributed by atoms with Gasteiger partial charge in [0.25, 0.3) is 0 Å². The quantitative estimate of drug-likeness (QED) is 0.680. The van der Waals surface area contributed by atoms with E-state index in [0.29, 0.717) is 6.42 Å². The van der Waals surface area contributed by atoms with Gasteiger partial charge in [-0.05, 0) is 44.8 Å². The number of carbonyl (C=O) groups excluding carboxylic acids is 1. The van der Waals surface area contributed by atoms with E-state index in [9.17, 15) is 4.79 Å². The summed E-state index contributed by atoms with van der Waals surface area (Å²) in [7, 11) is 1.89. The Labute approximate surface area is 143 Å². The van der Waals surface area contributed by atoms with Crippen LogP contribution in [0.3, 0.4) is 0 Å². The van der Waals surface area contributed by atoms with Crippen LogP contribution in [0.2, 0.25) is 0 Å². The van der Waals surface area contributed by atoms with E-state index in [4.69, 9.17) is 0 Å². The molecule has 0 fully saturated rings. The Morgan fingerprint density at radius 3 is 2.61 bits per heavy atom. The number of rotatable bonds is 5. The zero-order valence-corrected chi connectivity index (χ0v) is 14.2. The summed E-state index contributed by atoms with van der Waals surface area (Å²) in [5, 5.41) is 7.52. The van der Waals surface area contributed by atoms with E-state index in [2.05, 4.69) is 50.6 Å². The number of hydrogen-bond acceptors (Lipinski definition) is 3. The van der Waals surface area contributed by atoms with E-state index in [1.807, 2.05) is 31.3 Å². The minimum absolute atomic E-state index is 0.446. The molecule has 4 nitrogen and oxygen atoms in total. The maximum Gasteiger partial charge on any atom is 0.142 e. The van der Waals surface area contributed by atoms with Crippen LogP contribution < -0.4 is 5.32 Å². The first-order chi connectivity index (χ1) is 11.2. The van der Waals surface area contributed by atoms with E-state index < -0.39 is 0 Å². The normalized spacial score (nSPS) is 10.5. The smallest absolute Gasteiger partial charge is 0.142 e. The molecule has 0 aliphatic carbocycles. The van der Waals surface area contributed by atoms with Crippen molar-refractivity contribution >= 4 is 33.7 Å². The van der Waals surface area contributed by atoms with Crippen LogP contribution in [-0.2, 0) is 18.3 Å². The maximum absolute atomic E-state index is 10.7. The van der Waals surface area contributed by atoms with Crippen LogP contribution in [0.15, 0.2) is 59.2 Å². The van der Waals surface area contributed by atoms with Crippen molar-refractivity contribution in [3.8, 4) is 11.1 Å². The number of nitrogens with one attached hydrogen (secondary N) is 1. The van der Waals surface area contributed by atoms with E-state index in [-0.39, 0.29) is 0 Å². The Bertz CT molecular complexity index is 805. The summed E-state index contributed by atoms with van der Waals surface area (Å²) >= 11 is 3.47. The molecule has 0 atom stereocenters. The van der Waals surface area contributed by atoms with Gasteiger partial charge in [-0.25, -0.2) is 0 Å². The van der Waals surface area contributed by atoms with Crippen molar-refractivity contribution in [2.45, 2.75) is 6.42 Å². The molecule has 3 rings (SSSR count). The Kier molecular flexibility index (Phi) is 4.57. The molecule has 3 aromatic rings. The molecule has 0 aliphatic heterocycles. The highest BCUT2D eigenvalue weighted by Crippen LogP contribution is 2.27. The number of benzene rings is 2. The van der Waals surface area contributed by atoms with Crippen molar-refractivity contribution in [1.29, 1.82) is 0 Å². The van der Waals surface area contributed by atoms with Crippen molar-refractivity contribution < 1.29 is 4.79 Å². The van der Waals surface area contributed by atoms with Crippen molar-refractivity contribution in [3.63, 3.8) is 0 Å². The molecule has 0 aliphatic rings. The molecule has 0 spiro atoms. The van der Waals surface area contributed by atoms with Crippen molar-refractivity contribution in [1.82, 2.24) is 9.78 Å². The Hall–Kier alpha value is -2.40. The average molecular weight is 370 g/mol. The molecular formula is C18H16BrN3O. The zero-order valence-electron chi connectivity index (χ0n) is 12.7. The van der Waals surface area contributed by atoms with Crippen LogP contribution in [0.25, 0.3) is 11.1 Å². The Balaban J connectivity index is 1.82. The summed E-state index contributed by atoms with van der Waals surface area (Å²) in [6.45, 7) is 0. The van der Waals surface area contributed by atoms with Gasteiger partial charge >= 0.3 is 0 Å². The molecule has 116 valence electrons. The topological polar surface area (TPSA) is 46.9 Å². The van der Waals surface area contributed by atoms with E-state index in [1.54, 1.807) is 10.9 Å². The third-order valence-corrected chi connectivity index (χ3v) is 4.20. The fourth-order valence-electron chi connectivity index (χ4n) is 2.41. The van der Waals surface area contributed by atoms with Gasteiger partial charge in [-0.15, -0.1) is 0 Å². The predicted octanol–water partition coefficient (Wildman–Crippen LogP) is 4.33. The van der Waals surface area contributed by atoms with Crippen LogP contribution in [0.4, 0.5) is 11.5 Å². The molecule has 0 bridgehead atoms. The summed E-state index contributed by atoms with van der Waals surface area (Å²) in [5.41, 5.74) is 4.24. The van der Waals surface area contributed by atoms with Gasteiger partial charge in [0.1, 0.15) is 12.1 Å². The lowest BCUT2D eigenvalue weighted by Gasteiger charge is -2.09. The first kappa shape index (κ1) is 15.5. The summed E-state index contributed by atoms with van der Waals surface area (Å²) in [5.74, 6) is 0.908. The number of carbonyl (C=O) groups is 1. The number of halogens is 1. The molecule has 5 heteroatoms. The molecule has 0 unspecified atom stereocenters. The van der Waals surface area contributed by atoms with Crippen LogP contribution in [0, 0.1) is 0 Å². The summed E-state index contributed by atoms with van der Waals surface area (Å²) < 4.78 is 2.70. The van der Waals surface area contributed by atoms with Crippen LogP contribution in [-0.4, -0.2) is 16.1 Å². The molecule has 1 heterocycles. The van der Waals surface area contributed by atoms with Crippen LogP contribution in [0.1, 0.15) is 5.56 Å². The second-order valence-corrected chi connectivity index (χ2v) is 6.09. The highest BCUT2D eigenvalue weighted by Gasteiger charge is 2.06. The molecule has 0 saturated heterocycles. The van der Waals surface area contributed by atoms with Crippen LogP contribution >= 0.6 is 15.9 Å². The van der Waals surface area contributed by atoms with E-state index in [1.165, 1.54) is 0 Å². The fraction of sp³-hybridized carbons (Fsp3) is 0.111.